The van der Waals surface area contributed by atoms with Gasteiger partial charge in [0.25, 0.3) is 0 Å². The second-order valence-corrected chi connectivity index (χ2v) is 4.77. The second kappa shape index (κ2) is 5.92. The smallest absolute Gasteiger partial charge is 0.246 e. The van der Waals surface area contributed by atoms with Crippen LogP contribution in [0.2, 0.25) is 0 Å². The van der Waals surface area contributed by atoms with Crippen molar-refractivity contribution < 1.29 is 19.4 Å². The minimum atomic E-state index is -0.350. The first kappa shape index (κ1) is 14.3. The van der Waals surface area contributed by atoms with Gasteiger partial charge >= 0.3 is 0 Å². The van der Waals surface area contributed by atoms with E-state index in [1.54, 1.807) is 18.2 Å². The molecular weight excluding hydrogens is 260 g/mol. The van der Waals surface area contributed by atoms with Crippen molar-refractivity contribution in [2.24, 2.45) is 0 Å². The molecule has 1 atom stereocenters. The maximum atomic E-state index is 11.9. The molecule has 108 valence electrons. The molecule has 2 rings (SSSR count). The average Bonchev–Trinajstić information content (AvgIpc) is 2.45. The lowest BCUT2D eigenvalue weighted by atomic mass is 10.0. The zero-order valence-corrected chi connectivity index (χ0v) is 11.5. The molecule has 6 nitrogen and oxygen atoms in total. The average molecular weight is 278 g/mol. The summed E-state index contributed by atoms with van der Waals surface area (Å²) in [5, 5.41) is 12.6. The predicted molar refractivity (Wildman–Crippen MR) is 72.3 cm³/mol. The number of rotatable bonds is 4. The van der Waals surface area contributed by atoms with E-state index in [0.29, 0.717) is 25.1 Å². The second-order valence-electron chi connectivity index (χ2n) is 4.77. The Bertz CT molecular complexity index is 530. The van der Waals surface area contributed by atoms with Gasteiger partial charge in [0, 0.05) is 20.0 Å². The summed E-state index contributed by atoms with van der Waals surface area (Å²) in [6, 6.07) is 4.67. The number of carbonyl (C=O) groups is 2. The molecule has 6 heteroatoms. The molecule has 1 aromatic carbocycles. The number of phenolic OH excluding ortho intramolecular Hbond substituents is 1. The third-order valence-corrected chi connectivity index (χ3v) is 3.45. The van der Waals surface area contributed by atoms with Crippen LogP contribution in [0.3, 0.4) is 0 Å². The van der Waals surface area contributed by atoms with Gasteiger partial charge in [-0.2, -0.15) is 0 Å². The fourth-order valence-electron chi connectivity index (χ4n) is 2.18. The normalized spacial score (nSPS) is 19.3. The minimum Gasteiger partial charge on any atom is -0.504 e. The molecular formula is C14H18N2O4. The summed E-state index contributed by atoms with van der Waals surface area (Å²) < 4.78 is 5.03. The van der Waals surface area contributed by atoms with Crippen molar-refractivity contribution >= 4 is 11.8 Å². The van der Waals surface area contributed by atoms with E-state index in [2.05, 4.69) is 5.32 Å². The monoisotopic (exact) mass is 278 g/mol. The summed E-state index contributed by atoms with van der Waals surface area (Å²) in [6.07, 6.45) is 0.885. The van der Waals surface area contributed by atoms with Gasteiger partial charge in [0.2, 0.25) is 11.8 Å². The Hall–Kier alpha value is -2.08. The number of aromatic hydroxyl groups is 1. The number of amides is 2. The van der Waals surface area contributed by atoms with Crippen LogP contribution in [0, 0.1) is 0 Å². The van der Waals surface area contributed by atoms with E-state index in [0.717, 1.165) is 5.56 Å². The largest absolute Gasteiger partial charge is 0.504 e. The SMILES string of the molecule is COc1cc(CNC2CCC(=O)N(C)C2=O)ccc1O. The number of benzene rings is 1. The van der Waals surface area contributed by atoms with Gasteiger partial charge in [-0.25, -0.2) is 0 Å². The van der Waals surface area contributed by atoms with E-state index < -0.39 is 0 Å². The number of hydrogen-bond acceptors (Lipinski definition) is 5. The number of nitrogens with zero attached hydrogens (tertiary/aromatic N) is 1. The highest BCUT2D eigenvalue weighted by molar-refractivity contribution is 6.00. The molecule has 1 fully saturated rings. The molecule has 1 aliphatic heterocycles. The van der Waals surface area contributed by atoms with Crippen molar-refractivity contribution in [1.82, 2.24) is 10.2 Å². The predicted octanol–water partition coefficient (Wildman–Crippen LogP) is 0.638. The van der Waals surface area contributed by atoms with Crippen LogP contribution in [0.25, 0.3) is 0 Å². The van der Waals surface area contributed by atoms with Crippen molar-refractivity contribution in [3.63, 3.8) is 0 Å². The first-order valence-corrected chi connectivity index (χ1v) is 6.42. The summed E-state index contributed by atoms with van der Waals surface area (Å²) in [4.78, 5) is 24.5. The fraction of sp³-hybridized carbons (Fsp3) is 0.429. The lowest BCUT2D eigenvalue weighted by Crippen LogP contribution is -2.51. The standard InChI is InChI=1S/C14H18N2O4/c1-16-13(18)6-4-10(14(16)19)15-8-9-3-5-11(17)12(7-9)20-2/h3,5,7,10,15,17H,4,6,8H2,1-2H3. The molecule has 0 aromatic heterocycles. The van der Waals surface area contributed by atoms with Gasteiger partial charge in [-0.05, 0) is 24.1 Å². The Kier molecular flexibility index (Phi) is 4.24. The Labute approximate surface area is 117 Å². The number of imide groups is 1. The highest BCUT2D eigenvalue weighted by Crippen LogP contribution is 2.26. The Morgan fingerprint density at radius 1 is 1.45 bits per heavy atom. The van der Waals surface area contributed by atoms with E-state index in [1.165, 1.54) is 19.1 Å². The van der Waals surface area contributed by atoms with Crippen molar-refractivity contribution in [2.45, 2.75) is 25.4 Å². The van der Waals surface area contributed by atoms with Crippen LogP contribution in [0.15, 0.2) is 18.2 Å². The molecule has 0 saturated carbocycles. The number of phenols is 1. The minimum absolute atomic E-state index is 0.0790. The topological polar surface area (TPSA) is 78.9 Å². The van der Waals surface area contributed by atoms with Gasteiger partial charge in [-0.15, -0.1) is 0 Å². The quantitative estimate of drug-likeness (QED) is 0.790. The first-order valence-electron chi connectivity index (χ1n) is 6.42. The maximum Gasteiger partial charge on any atom is 0.246 e. The maximum absolute atomic E-state index is 11.9. The molecule has 1 aliphatic rings. The first-order chi connectivity index (χ1) is 9.52. The lowest BCUT2D eigenvalue weighted by molar-refractivity contribution is -0.148. The van der Waals surface area contributed by atoms with Gasteiger partial charge in [0.15, 0.2) is 11.5 Å². The van der Waals surface area contributed by atoms with Crippen LogP contribution in [-0.4, -0.2) is 42.0 Å². The lowest BCUT2D eigenvalue weighted by Gasteiger charge is -2.28. The van der Waals surface area contributed by atoms with Gasteiger partial charge in [-0.3, -0.25) is 14.5 Å². The van der Waals surface area contributed by atoms with E-state index in [4.69, 9.17) is 4.74 Å². The van der Waals surface area contributed by atoms with Crippen LogP contribution in [0.5, 0.6) is 11.5 Å². The molecule has 1 saturated heterocycles. The van der Waals surface area contributed by atoms with Crippen LogP contribution in [-0.2, 0) is 16.1 Å². The zero-order valence-electron chi connectivity index (χ0n) is 11.5. The van der Waals surface area contributed by atoms with Crippen molar-refractivity contribution in [3.8, 4) is 11.5 Å². The number of carbonyl (C=O) groups excluding carboxylic acids is 2. The van der Waals surface area contributed by atoms with Crippen molar-refractivity contribution in [3.05, 3.63) is 23.8 Å². The third kappa shape index (κ3) is 2.91. The molecule has 1 unspecified atom stereocenters. The number of likely N-dealkylation sites (tertiary alicyclic amines) is 1. The van der Waals surface area contributed by atoms with Crippen LogP contribution >= 0.6 is 0 Å². The highest BCUT2D eigenvalue weighted by Gasteiger charge is 2.31. The van der Waals surface area contributed by atoms with Crippen molar-refractivity contribution in [1.29, 1.82) is 0 Å². The Morgan fingerprint density at radius 2 is 2.20 bits per heavy atom. The Balaban J connectivity index is 1.98. The van der Waals surface area contributed by atoms with E-state index in [-0.39, 0.29) is 23.6 Å². The summed E-state index contributed by atoms with van der Waals surface area (Å²) in [5.74, 6) is 0.133. The van der Waals surface area contributed by atoms with E-state index in [9.17, 15) is 14.7 Å². The molecule has 20 heavy (non-hydrogen) atoms. The number of likely N-dealkylation sites (N-methyl/N-ethyl adjacent to an activating group) is 1. The summed E-state index contributed by atoms with van der Waals surface area (Å²) in [5.41, 5.74) is 0.895. The zero-order chi connectivity index (χ0) is 14.7. The molecule has 0 bridgehead atoms. The molecule has 1 heterocycles. The van der Waals surface area contributed by atoms with E-state index in [1.807, 2.05) is 0 Å². The van der Waals surface area contributed by atoms with Crippen LogP contribution in [0.1, 0.15) is 18.4 Å². The number of hydrogen-bond donors (Lipinski definition) is 2. The number of nitrogens with one attached hydrogen (secondary N) is 1. The van der Waals surface area contributed by atoms with E-state index >= 15 is 0 Å². The third-order valence-electron chi connectivity index (χ3n) is 3.45. The summed E-state index contributed by atoms with van der Waals surface area (Å²) >= 11 is 0. The number of methoxy groups -OCH3 is 1. The van der Waals surface area contributed by atoms with Gasteiger partial charge in [-0.1, -0.05) is 6.07 Å². The summed E-state index contributed by atoms with van der Waals surface area (Å²) in [6.45, 7) is 0.467. The Morgan fingerprint density at radius 3 is 2.90 bits per heavy atom. The molecule has 0 spiro atoms. The molecule has 2 amide bonds. The molecule has 2 N–H and O–H groups in total. The van der Waals surface area contributed by atoms with Gasteiger partial charge in [0.1, 0.15) is 0 Å². The fourth-order valence-corrected chi connectivity index (χ4v) is 2.18. The number of piperidine rings is 1. The molecule has 0 aliphatic carbocycles. The molecule has 0 radical (unpaired) electrons. The summed E-state index contributed by atoms with van der Waals surface area (Å²) in [7, 11) is 2.99. The highest BCUT2D eigenvalue weighted by atomic mass is 16.5. The van der Waals surface area contributed by atoms with Crippen LogP contribution in [0.4, 0.5) is 0 Å². The number of ether oxygens (including phenoxy) is 1. The van der Waals surface area contributed by atoms with Gasteiger partial charge in [0.05, 0.1) is 13.2 Å². The van der Waals surface area contributed by atoms with Crippen molar-refractivity contribution in [2.75, 3.05) is 14.2 Å². The van der Waals surface area contributed by atoms with Crippen LogP contribution < -0.4 is 10.1 Å². The van der Waals surface area contributed by atoms with Gasteiger partial charge < -0.3 is 15.2 Å². The molecule has 1 aromatic rings.